The minimum absolute atomic E-state index is 0.0751. The van der Waals surface area contributed by atoms with Gasteiger partial charge in [0.1, 0.15) is 11.9 Å². The summed E-state index contributed by atoms with van der Waals surface area (Å²) >= 11 is 0. The summed E-state index contributed by atoms with van der Waals surface area (Å²) in [7, 11) is 0. The molecule has 150 valence electrons. The maximum Gasteiger partial charge on any atom is 0.338 e. The molecule has 4 aliphatic rings. The van der Waals surface area contributed by atoms with Gasteiger partial charge in [-0.2, -0.15) is 0 Å². The van der Waals surface area contributed by atoms with Crippen LogP contribution in [0.3, 0.4) is 0 Å². The number of hydrogen-bond donors (Lipinski definition) is 1. The van der Waals surface area contributed by atoms with Gasteiger partial charge in [0.2, 0.25) is 5.91 Å². The van der Waals surface area contributed by atoms with Crippen LogP contribution in [0.15, 0.2) is 24.3 Å². The van der Waals surface area contributed by atoms with Crippen molar-refractivity contribution in [2.75, 3.05) is 19.6 Å². The molecule has 0 saturated carbocycles. The number of piperidine rings is 4. The molecule has 5 unspecified atom stereocenters. The second kappa shape index (κ2) is 7.07. The Morgan fingerprint density at radius 2 is 1.82 bits per heavy atom. The summed E-state index contributed by atoms with van der Waals surface area (Å²) in [6, 6.07) is 7.06. The Morgan fingerprint density at radius 3 is 2.64 bits per heavy atom. The molecular formula is C22H28N2O4. The van der Waals surface area contributed by atoms with Crippen LogP contribution in [0.1, 0.15) is 48.9 Å². The van der Waals surface area contributed by atoms with Gasteiger partial charge in [-0.25, -0.2) is 4.79 Å². The SMILES string of the molecule is O=C(OC1CCN2CC3CC(CN4C(=O)CCCC34)C2C1)c1ccc(O)cc1. The first-order valence-corrected chi connectivity index (χ1v) is 10.6. The maximum absolute atomic E-state index is 12.5. The molecule has 4 fully saturated rings. The zero-order valence-corrected chi connectivity index (χ0v) is 16.1. The number of amides is 1. The van der Waals surface area contributed by atoms with Gasteiger partial charge in [-0.15, -0.1) is 0 Å². The number of nitrogens with zero attached hydrogens (tertiary/aromatic N) is 2. The van der Waals surface area contributed by atoms with Crippen molar-refractivity contribution in [3.05, 3.63) is 29.8 Å². The number of phenols is 1. The predicted octanol–water partition coefficient (Wildman–Crippen LogP) is 2.41. The number of benzene rings is 1. The van der Waals surface area contributed by atoms with Crippen LogP contribution in [0, 0.1) is 11.8 Å². The van der Waals surface area contributed by atoms with Crippen LogP contribution >= 0.6 is 0 Å². The van der Waals surface area contributed by atoms with Crippen molar-refractivity contribution in [1.29, 1.82) is 0 Å². The fourth-order valence-corrected chi connectivity index (χ4v) is 5.98. The highest BCUT2D eigenvalue weighted by molar-refractivity contribution is 5.89. The number of carbonyl (C=O) groups excluding carboxylic acids is 2. The minimum Gasteiger partial charge on any atom is -0.508 e. The number of rotatable bonds is 2. The number of fused-ring (bicyclic) bond motifs is 6. The molecule has 1 N–H and O–H groups in total. The fourth-order valence-electron chi connectivity index (χ4n) is 5.98. The van der Waals surface area contributed by atoms with Gasteiger partial charge in [0.25, 0.3) is 0 Å². The van der Waals surface area contributed by atoms with E-state index in [4.69, 9.17) is 4.74 Å². The molecule has 1 aromatic rings. The highest BCUT2D eigenvalue weighted by atomic mass is 16.5. The van der Waals surface area contributed by atoms with E-state index in [2.05, 4.69) is 9.80 Å². The van der Waals surface area contributed by atoms with E-state index in [1.54, 1.807) is 12.1 Å². The van der Waals surface area contributed by atoms with Crippen molar-refractivity contribution >= 4 is 11.9 Å². The molecule has 0 radical (unpaired) electrons. The summed E-state index contributed by atoms with van der Waals surface area (Å²) in [5.74, 6) is 1.26. The quantitative estimate of drug-likeness (QED) is 0.793. The molecule has 6 nitrogen and oxygen atoms in total. The molecule has 4 heterocycles. The molecule has 0 aliphatic carbocycles. The number of aromatic hydroxyl groups is 1. The highest BCUT2D eigenvalue weighted by Gasteiger charge is 2.49. The minimum atomic E-state index is -0.318. The van der Waals surface area contributed by atoms with E-state index in [1.807, 2.05) is 0 Å². The lowest BCUT2D eigenvalue weighted by Gasteiger charge is -2.57. The van der Waals surface area contributed by atoms with E-state index in [9.17, 15) is 14.7 Å². The van der Waals surface area contributed by atoms with Crippen molar-refractivity contribution < 1.29 is 19.4 Å². The third kappa shape index (κ3) is 3.17. The third-order valence-electron chi connectivity index (χ3n) is 7.29. The molecule has 4 aliphatic heterocycles. The number of carbonyl (C=O) groups is 2. The van der Waals surface area contributed by atoms with Gasteiger partial charge in [-0.3, -0.25) is 9.69 Å². The smallest absolute Gasteiger partial charge is 0.338 e. The van der Waals surface area contributed by atoms with Gasteiger partial charge in [0.05, 0.1) is 5.56 Å². The van der Waals surface area contributed by atoms with E-state index in [1.165, 1.54) is 18.6 Å². The van der Waals surface area contributed by atoms with Crippen molar-refractivity contribution in [2.24, 2.45) is 11.8 Å². The average molecular weight is 384 g/mol. The Balaban J connectivity index is 1.26. The number of phenolic OH excluding ortho intramolecular Hbond substituents is 1. The summed E-state index contributed by atoms with van der Waals surface area (Å²) in [6.45, 7) is 2.92. The van der Waals surface area contributed by atoms with E-state index >= 15 is 0 Å². The lowest BCUT2D eigenvalue weighted by Crippen LogP contribution is -2.65. The number of hydrogen-bond acceptors (Lipinski definition) is 5. The molecule has 1 amide bonds. The largest absolute Gasteiger partial charge is 0.508 e. The van der Waals surface area contributed by atoms with Crippen molar-refractivity contribution in [2.45, 2.75) is 56.7 Å². The summed E-state index contributed by atoms with van der Waals surface area (Å²) < 4.78 is 5.80. The number of ether oxygens (including phenoxy) is 1. The zero-order valence-electron chi connectivity index (χ0n) is 16.1. The van der Waals surface area contributed by atoms with Crippen LogP contribution in [0.2, 0.25) is 0 Å². The number of esters is 1. The predicted molar refractivity (Wildman–Crippen MR) is 103 cm³/mol. The fraction of sp³-hybridized carbons (Fsp3) is 0.636. The Kier molecular flexibility index (Phi) is 4.54. The van der Waals surface area contributed by atoms with Crippen LogP contribution < -0.4 is 0 Å². The first kappa shape index (κ1) is 18.0. The molecule has 2 bridgehead atoms. The maximum atomic E-state index is 12.5. The summed E-state index contributed by atoms with van der Waals surface area (Å²) in [6.07, 6.45) is 5.76. The van der Waals surface area contributed by atoms with Crippen LogP contribution in [0.4, 0.5) is 0 Å². The van der Waals surface area contributed by atoms with Crippen molar-refractivity contribution in [3.63, 3.8) is 0 Å². The molecule has 28 heavy (non-hydrogen) atoms. The Bertz CT molecular complexity index is 764. The molecule has 4 saturated heterocycles. The van der Waals surface area contributed by atoms with Gasteiger partial charge < -0.3 is 14.7 Å². The summed E-state index contributed by atoms with van der Waals surface area (Å²) in [5, 5.41) is 9.39. The van der Waals surface area contributed by atoms with Crippen LogP contribution in [0.5, 0.6) is 5.75 Å². The van der Waals surface area contributed by atoms with Gasteiger partial charge in [0, 0.05) is 44.6 Å². The monoisotopic (exact) mass is 384 g/mol. The van der Waals surface area contributed by atoms with E-state index in [-0.39, 0.29) is 17.8 Å². The molecule has 0 aromatic heterocycles. The second-order valence-corrected chi connectivity index (χ2v) is 8.92. The van der Waals surface area contributed by atoms with Gasteiger partial charge in [0.15, 0.2) is 0 Å². The zero-order chi connectivity index (χ0) is 19.3. The van der Waals surface area contributed by atoms with Crippen molar-refractivity contribution in [1.82, 2.24) is 9.80 Å². The third-order valence-corrected chi connectivity index (χ3v) is 7.29. The molecule has 6 heteroatoms. The second-order valence-electron chi connectivity index (χ2n) is 8.92. The lowest BCUT2D eigenvalue weighted by molar-refractivity contribution is -0.150. The molecule has 0 spiro atoms. The van der Waals surface area contributed by atoms with E-state index < -0.39 is 0 Å². The summed E-state index contributed by atoms with van der Waals surface area (Å²) in [5.41, 5.74) is 0.475. The molecular weight excluding hydrogens is 356 g/mol. The average Bonchev–Trinajstić information content (AvgIpc) is 2.70. The van der Waals surface area contributed by atoms with Gasteiger partial charge >= 0.3 is 5.97 Å². The topological polar surface area (TPSA) is 70.1 Å². The first-order valence-electron chi connectivity index (χ1n) is 10.6. The van der Waals surface area contributed by atoms with Gasteiger partial charge in [-0.05, 0) is 61.8 Å². The first-order chi connectivity index (χ1) is 13.6. The molecule has 1 aromatic carbocycles. The Hall–Kier alpha value is -2.08. The Labute approximate surface area is 165 Å². The van der Waals surface area contributed by atoms with Crippen LogP contribution in [-0.2, 0) is 9.53 Å². The van der Waals surface area contributed by atoms with Gasteiger partial charge in [-0.1, -0.05) is 0 Å². The van der Waals surface area contributed by atoms with Crippen molar-refractivity contribution in [3.8, 4) is 5.75 Å². The molecule has 5 atom stereocenters. The normalized spacial score (nSPS) is 35.1. The van der Waals surface area contributed by atoms with Crippen LogP contribution in [-0.4, -0.2) is 64.6 Å². The van der Waals surface area contributed by atoms with Crippen LogP contribution in [0.25, 0.3) is 0 Å². The van der Waals surface area contributed by atoms with E-state index in [0.29, 0.717) is 41.8 Å². The molecule has 5 rings (SSSR count). The standard InChI is InChI=1S/C22H28N2O4/c25-17-6-4-14(5-7-17)22(27)28-18-8-9-23-12-15-10-16(20(23)11-18)13-24-19(15)2-1-3-21(24)26/h4-7,15-16,18-20,25H,1-3,8-13H2. The summed E-state index contributed by atoms with van der Waals surface area (Å²) in [4.78, 5) is 29.7. The lowest BCUT2D eigenvalue weighted by atomic mass is 9.70. The highest BCUT2D eigenvalue weighted by Crippen LogP contribution is 2.43. The van der Waals surface area contributed by atoms with E-state index in [0.717, 1.165) is 45.3 Å². The Morgan fingerprint density at radius 1 is 1.04 bits per heavy atom.